The lowest BCUT2D eigenvalue weighted by Gasteiger charge is -2.38. The van der Waals surface area contributed by atoms with E-state index in [0.717, 1.165) is 29.8 Å². The SMILES string of the molecule is COc1ncc(-c2cc3c(n2C(C)C)C(c2ccc(Cl)cc2)N([C@H]2CC[C@H](O)CC2)C3=O)c(OC)n1. The molecule has 36 heavy (non-hydrogen) atoms. The lowest BCUT2D eigenvalue weighted by Crippen LogP contribution is -2.42. The highest BCUT2D eigenvalue weighted by molar-refractivity contribution is 6.30. The molecule has 1 unspecified atom stereocenters. The van der Waals surface area contributed by atoms with Crippen LogP contribution in [-0.2, 0) is 0 Å². The monoisotopic (exact) mass is 510 g/mol. The second-order valence-corrected chi connectivity index (χ2v) is 10.1. The van der Waals surface area contributed by atoms with Gasteiger partial charge in [0.15, 0.2) is 0 Å². The van der Waals surface area contributed by atoms with Crippen LogP contribution in [0.4, 0.5) is 0 Å². The number of carbonyl (C=O) groups excluding carboxylic acids is 1. The molecule has 5 rings (SSSR count). The van der Waals surface area contributed by atoms with Crippen LogP contribution in [0.3, 0.4) is 0 Å². The van der Waals surface area contributed by atoms with E-state index < -0.39 is 0 Å². The predicted octanol–water partition coefficient (Wildman–Crippen LogP) is 5.05. The molecule has 190 valence electrons. The fourth-order valence-corrected chi connectivity index (χ4v) is 5.73. The fraction of sp³-hybridized carbons (Fsp3) is 0.444. The zero-order chi connectivity index (χ0) is 25.6. The van der Waals surface area contributed by atoms with Gasteiger partial charge in [0.25, 0.3) is 5.91 Å². The number of hydrogen-bond donors (Lipinski definition) is 1. The first-order chi connectivity index (χ1) is 17.3. The van der Waals surface area contributed by atoms with Crippen LogP contribution in [0.1, 0.15) is 73.2 Å². The van der Waals surface area contributed by atoms with Crippen molar-refractivity contribution in [2.45, 2.75) is 63.8 Å². The Hall–Kier alpha value is -3.10. The van der Waals surface area contributed by atoms with Crippen LogP contribution in [0.5, 0.6) is 11.9 Å². The number of ether oxygens (including phenoxy) is 2. The second-order valence-electron chi connectivity index (χ2n) is 9.70. The molecule has 1 fully saturated rings. The molecule has 8 nitrogen and oxygen atoms in total. The number of amides is 1. The van der Waals surface area contributed by atoms with E-state index in [1.807, 2.05) is 35.2 Å². The van der Waals surface area contributed by atoms with Gasteiger partial charge in [-0.05, 0) is 63.3 Å². The van der Waals surface area contributed by atoms with Crippen molar-refractivity contribution in [1.29, 1.82) is 0 Å². The molecule has 0 saturated heterocycles. The van der Waals surface area contributed by atoms with Gasteiger partial charge in [-0.2, -0.15) is 4.98 Å². The zero-order valence-electron chi connectivity index (χ0n) is 20.9. The molecule has 1 aliphatic heterocycles. The minimum absolute atomic E-state index is 0.000358. The Morgan fingerprint density at radius 1 is 1.06 bits per heavy atom. The molecular weight excluding hydrogens is 480 g/mol. The summed E-state index contributed by atoms with van der Waals surface area (Å²) in [5.41, 5.74) is 4.12. The third kappa shape index (κ3) is 4.12. The molecule has 2 aliphatic rings. The summed E-state index contributed by atoms with van der Waals surface area (Å²) in [6.45, 7) is 4.20. The van der Waals surface area contributed by atoms with Crippen molar-refractivity contribution in [3.8, 4) is 23.1 Å². The van der Waals surface area contributed by atoms with E-state index in [-0.39, 0.29) is 36.1 Å². The highest BCUT2D eigenvalue weighted by Gasteiger charge is 2.46. The van der Waals surface area contributed by atoms with Crippen molar-refractivity contribution >= 4 is 17.5 Å². The highest BCUT2D eigenvalue weighted by atomic mass is 35.5. The van der Waals surface area contributed by atoms with Gasteiger partial charge in [0.1, 0.15) is 0 Å². The van der Waals surface area contributed by atoms with Crippen LogP contribution >= 0.6 is 11.6 Å². The first-order valence-electron chi connectivity index (χ1n) is 12.3. The van der Waals surface area contributed by atoms with Crippen molar-refractivity contribution in [1.82, 2.24) is 19.4 Å². The molecule has 3 aromatic rings. The summed E-state index contributed by atoms with van der Waals surface area (Å²) >= 11 is 6.22. The second kappa shape index (κ2) is 9.75. The Labute approximate surface area is 215 Å². The van der Waals surface area contributed by atoms with Gasteiger partial charge in [-0.3, -0.25) is 4.79 Å². The van der Waals surface area contributed by atoms with E-state index in [4.69, 9.17) is 21.1 Å². The van der Waals surface area contributed by atoms with Gasteiger partial charge in [0.2, 0.25) is 5.88 Å². The topological polar surface area (TPSA) is 89.7 Å². The Balaban J connectivity index is 1.69. The average Bonchev–Trinajstić information content (AvgIpc) is 3.40. The maximum atomic E-state index is 14.0. The summed E-state index contributed by atoms with van der Waals surface area (Å²) in [6, 6.07) is 9.70. The number of benzene rings is 1. The van der Waals surface area contributed by atoms with Crippen molar-refractivity contribution in [3.63, 3.8) is 0 Å². The van der Waals surface area contributed by atoms with Gasteiger partial charge < -0.3 is 24.0 Å². The molecule has 1 saturated carbocycles. The number of halogens is 1. The smallest absolute Gasteiger partial charge is 0.319 e. The van der Waals surface area contributed by atoms with E-state index in [2.05, 4.69) is 28.4 Å². The number of methoxy groups -OCH3 is 2. The van der Waals surface area contributed by atoms with Gasteiger partial charge >= 0.3 is 6.01 Å². The lowest BCUT2D eigenvalue weighted by molar-refractivity contribution is 0.0458. The molecule has 1 aromatic carbocycles. The van der Waals surface area contributed by atoms with Crippen molar-refractivity contribution in [3.05, 3.63) is 58.4 Å². The van der Waals surface area contributed by atoms with Crippen LogP contribution in [0.15, 0.2) is 36.5 Å². The Bertz CT molecular complexity index is 1270. The zero-order valence-corrected chi connectivity index (χ0v) is 21.7. The first-order valence-corrected chi connectivity index (χ1v) is 12.7. The molecule has 1 amide bonds. The molecule has 2 aromatic heterocycles. The molecule has 1 atom stereocenters. The fourth-order valence-electron chi connectivity index (χ4n) is 5.60. The van der Waals surface area contributed by atoms with Crippen LogP contribution < -0.4 is 9.47 Å². The molecule has 1 N–H and O–H groups in total. The molecular formula is C27H31ClN4O4. The van der Waals surface area contributed by atoms with Gasteiger partial charge in [-0.15, -0.1) is 0 Å². The molecule has 0 radical (unpaired) electrons. The Kier molecular flexibility index (Phi) is 6.66. The van der Waals surface area contributed by atoms with Crippen LogP contribution in [0, 0.1) is 0 Å². The number of fused-ring (bicyclic) bond motifs is 1. The third-order valence-corrected chi connectivity index (χ3v) is 7.48. The summed E-state index contributed by atoms with van der Waals surface area (Å²) in [5.74, 6) is 0.383. The average molecular weight is 511 g/mol. The van der Waals surface area contributed by atoms with E-state index in [1.165, 1.54) is 7.11 Å². The summed E-state index contributed by atoms with van der Waals surface area (Å²) in [6.07, 6.45) is 4.32. The van der Waals surface area contributed by atoms with E-state index in [9.17, 15) is 9.90 Å². The number of rotatable bonds is 6. The van der Waals surface area contributed by atoms with Crippen LogP contribution in [-0.4, -0.2) is 56.8 Å². The van der Waals surface area contributed by atoms with E-state index in [1.54, 1.807) is 13.3 Å². The highest BCUT2D eigenvalue weighted by Crippen LogP contribution is 2.47. The molecule has 9 heteroatoms. The number of aliphatic hydroxyl groups is 1. The molecule has 3 heterocycles. The normalized spacial score (nSPS) is 21.7. The van der Waals surface area contributed by atoms with E-state index >= 15 is 0 Å². The minimum atomic E-state index is -0.297. The van der Waals surface area contributed by atoms with E-state index in [0.29, 0.717) is 34.9 Å². The number of aromatic nitrogens is 3. The number of nitrogens with zero attached hydrogens (tertiary/aromatic N) is 4. The third-order valence-electron chi connectivity index (χ3n) is 7.22. The van der Waals surface area contributed by atoms with Gasteiger partial charge in [0.05, 0.1) is 48.9 Å². The number of aliphatic hydroxyl groups excluding tert-OH is 1. The number of carbonyl (C=O) groups is 1. The van der Waals surface area contributed by atoms with Crippen molar-refractivity contribution in [2.24, 2.45) is 0 Å². The van der Waals surface area contributed by atoms with Gasteiger partial charge in [-0.1, -0.05) is 23.7 Å². The molecule has 0 bridgehead atoms. The largest absolute Gasteiger partial charge is 0.480 e. The summed E-state index contributed by atoms with van der Waals surface area (Å²) in [4.78, 5) is 24.7. The van der Waals surface area contributed by atoms with Crippen LogP contribution in [0.2, 0.25) is 5.02 Å². The summed E-state index contributed by atoms with van der Waals surface area (Å²) in [7, 11) is 3.07. The quantitative estimate of drug-likeness (QED) is 0.499. The molecule has 0 spiro atoms. The van der Waals surface area contributed by atoms with Gasteiger partial charge in [0, 0.05) is 23.3 Å². The van der Waals surface area contributed by atoms with Crippen molar-refractivity contribution < 1.29 is 19.4 Å². The number of hydrogen-bond acceptors (Lipinski definition) is 6. The maximum absolute atomic E-state index is 14.0. The standard InChI is InChI=1S/C27H31ClN4O4/c1-15(2)31-22(21-14-29-27(36-4)30-25(21)35-3)13-20-24(31)23(16-5-7-17(28)8-6-16)32(26(20)34)18-9-11-19(33)12-10-18/h5-8,13-15,18-19,23,33H,9-12H2,1-4H3/t18-,19-,23?. The Morgan fingerprint density at radius 3 is 2.36 bits per heavy atom. The summed E-state index contributed by atoms with van der Waals surface area (Å²) in [5, 5.41) is 10.7. The lowest BCUT2D eigenvalue weighted by atomic mass is 9.90. The van der Waals surface area contributed by atoms with Crippen molar-refractivity contribution in [2.75, 3.05) is 14.2 Å². The first kappa shape index (κ1) is 24.6. The minimum Gasteiger partial charge on any atom is -0.480 e. The summed E-state index contributed by atoms with van der Waals surface area (Å²) < 4.78 is 12.9. The van der Waals surface area contributed by atoms with Crippen LogP contribution in [0.25, 0.3) is 11.3 Å². The molecule has 1 aliphatic carbocycles. The predicted molar refractivity (Wildman–Crippen MR) is 137 cm³/mol. The maximum Gasteiger partial charge on any atom is 0.319 e. The Morgan fingerprint density at radius 2 is 1.75 bits per heavy atom. The van der Waals surface area contributed by atoms with Gasteiger partial charge in [-0.25, -0.2) is 4.98 Å².